The number of aliphatic imine (C=N–C) groups is 1. The number of hydrogen-bond acceptors (Lipinski definition) is 4. The number of morpholine rings is 1. The first-order valence-corrected chi connectivity index (χ1v) is 10.5. The molecule has 3 heterocycles. The van der Waals surface area contributed by atoms with Crippen molar-refractivity contribution >= 4 is 29.9 Å². The van der Waals surface area contributed by atoms with Gasteiger partial charge in [0, 0.05) is 65.5 Å². The van der Waals surface area contributed by atoms with Gasteiger partial charge in [0.15, 0.2) is 5.96 Å². The Morgan fingerprint density at radius 2 is 1.90 bits per heavy atom. The van der Waals surface area contributed by atoms with Gasteiger partial charge in [-0.1, -0.05) is 24.3 Å². The molecule has 7 nitrogen and oxygen atoms in total. The van der Waals surface area contributed by atoms with E-state index in [1.807, 2.05) is 25.0 Å². The maximum Gasteiger partial charge on any atom is 0.193 e. The van der Waals surface area contributed by atoms with Crippen LogP contribution in [0.3, 0.4) is 0 Å². The maximum atomic E-state index is 5.43. The molecule has 2 aliphatic rings. The number of aryl methyl sites for hydroxylation is 1. The average Bonchev–Trinajstić information content (AvgIpc) is 3.40. The van der Waals surface area contributed by atoms with E-state index in [1.54, 1.807) is 0 Å². The topological polar surface area (TPSA) is 57.9 Å². The van der Waals surface area contributed by atoms with E-state index in [0.29, 0.717) is 5.92 Å². The highest BCUT2D eigenvalue weighted by atomic mass is 127. The van der Waals surface area contributed by atoms with E-state index in [0.717, 1.165) is 64.9 Å². The van der Waals surface area contributed by atoms with Crippen molar-refractivity contribution in [3.05, 3.63) is 53.3 Å². The van der Waals surface area contributed by atoms with E-state index in [1.165, 1.54) is 16.7 Å². The van der Waals surface area contributed by atoms with Crippen molar-refractivity contribution in [2.75, 3.05) is 46.4 Å². The molecule has 0 amide bonds. The minimum atomic E-state index is 0. The molecule has 2 aromatic rings. The Morgan fingerprint density at radius 1 is 1.17 bits per heavy atom. The molecule has 0 bridgehead atoms. The molecule has 4 rings (SSSR count). The van der Waals surface area contributed by atoms with Crippen LogP contribution >= 0.6 is 24.0 Å². The fraction of sp³-hybridized carbons (Fsp3) is 0.545. The molecule has 1 aromatic carbocycles. The monoisotopic (exact) mass is 524 g/mol. The maximum absolute atomic E-state index is 5.43. The first kappa shape index (κ1) is 23.0. The predicted octanol–water partition coefficient (Wildman–Crippen LogP) is 2.44. The molecule has 1 unspecified atom stereocenters. The van der Waals surface area contributed by atoms with Gasteiger partial charge in [0.05, 0.1) is 19.4 Å². The van der Waals surface area contributed by atoms with E-state index in [4.69, 9.17) is 4.74 Å². The van der Waals surface area contributed by atoms with Crippen molar-refractivity contribution in [2.45, 2.75) is 25.4 Å². The van der Waals surface area contributed by atoms with Crippen molar-refractivity contribution in [1.82, 2.24) is 24.9 Å². The number of ether oxygens (including phenoxy) is 1. The lowest BCUT2D eigenvalue weighted by Gasteiger charge is -2.26. The van der Waals surface area contributed by atoms with Crippen molar-refractivity contribution < 1.29 is 4.74 Å². The second-order valence-corrected chi connectivity index (χ2v) is 7.98. The largest absolute Gasteiger partial charge is 0.379 e. The van der Waals surface area contributed by atoms with Crippen LogP contribution < -0.4 is 5.32 Å². The SMILES string of the molecule is CN=C(NCc1ccc(CN2CCOCC2)cc1)N1CCC(c2cnn(C)c2)C1.I. The highest BCUT2D eigenvalue weighted by Crippen LogP contribution is 2.26. The number of hydrogen-bond donors (Lipinski definition) is 1. The lowest BCUT2D eigenvalue weighted by Crippen LogP contribution is -2.39. The van der Waals surface area contributed by atoms with E-state index in [9.17, 15) is 0 Å². The third-order valence-electron chi connectivity index (χ3n) is 5.88. The van der Waals surface area contributed by atoms with Crippen LogP contribution in [0, 0.1) is 0 Å². The fourth-order valence-corrected chi connectivity index (χ4v) is 4.17. The Kier molecular flexibility index (Phi) is 8.52. The molecule has 2 saturated heterocycles. The lowest BCUT2D eigenvalue weighted by atomic mass is 10.0. The molecule has 0 aliphatic carbocycles. The van der Waals surface area contributed by atoms with Gasteiger partial charge in [-0.05, 0) is 23.1 Å². The standard InChI is InChI=1S/C22H32N6O.HI/c1-23-22(28-8-7-20(17-28)21-14-25-26(2)16-21)24-13-18-3-5-19(6-4-18)15-27-9-11-29-12-10-27;/h3-6,14,16,20H,7-13,15,17H2,1-2H3,(H,23,24);1H. The molecule has 1 aromatic heterocycles. The number of halogens is 1. The van der Waals surface area contributed by atoms with Crippen LogP contribution in [0.15, 0.2) is 41.7 Å². The molecule has 1 atom stereocenters. The number of likely N-dealkylation sites (tertiary alicyclic amines) is 1. The van der Waals surface area contributed by atoms with Gasteiger partial charge in [-0.15, -0.1) is 24.0 Å². The second kappa shape index (κ2) is 11.1. The van der Waals surface area contributed by atoms with Gasteiger partial charge in [-0.3, -0.25) is 14.6 Å². The molecule has 30 heavy (non-hydrogen) atoms. The Hall–Kier alpha value is -1.65. The number of nitrogens with zero attached hydrogens (tertiary/aromatic N) is 5. The molecule has 0 saturated carbocycles. The summed E-state index contributed by atoms with van der Waals surface area (Å²) in [5, 5.41) is 7.85. The summed E-state index contributed by atoms with van der Waals surface area (Å²) in [7, 11) is 3.84. The summed E-state index contributed by atoms with van der Waals surface area (Å²) in [6, 6.07) is 8.92. The average molecular weight is 524 g/mol. The number of nitrogens with one attached hydrogen (secondary N) is 1. The summed E-state index contributed by atoms with van der Waals surface area (Å²) in [6.07, 6.45) is 5.26. The first-order valence-electron chi connectivity index (χ1n) is 10.5. The normalized spacial score (nSPS) is 20.3. The van der Waals surface area contributed by atoms with E-state index in [2.05, 4.69) is 55.7 Å². The van der Waals surface area contributed by atoms with Gasteiger partial charge >= 0.3 is 0 Å². The van der Waals surface area contributed by atoms with Gasteiger partial charge < -0.3 is 15.0 Å². The summed E-state index contributed by atoms with van der Waals surface area (Å²) in [5.41, 5.74) is 3.96. The zero-order valence-electron chi connectivity index (χ0n) is 18.0. The van der Waals surface area contributed by atoms with Gasteiger partial charge in [0.1, 0.15) is 0 Å². The van der Waals surface area contributed by atoms with Crippen LogP contribution in [0.1, 0.15) is 29.0 Å². The summed E-state index contributed by atoms with van der Waals surface area (Å²) in [6.45, 7) is 7.55. The van der Waals surface area contributed by atoms with Crippen LogP contribution in [0.4, 0.5) is 0 Å². The lowest BCUT2D eigenvalue weighted by molar-refractivity contribution is 0.0342. The second-order valence-electron chi connectivity index (χ2n) is 7.98. The number of rotatable bonds is 5. The molecule has 2 fully saturated rings. The molecule has 8 heteroatoms. The van der Waals surface area contributed by atoms with Crippen LogP contribution in [0.2, 0.25) is 0 Å². The van der Waals surface area contributed by atoms with E-state index < -0.39 is 0 Å². The predicted molar refractivity (Wildman–Crippen MR) is 130 cm³/mol. The summed E-state index contributed by atoms with van der Waals surface area (Å²) in [4.78, 5) is 9.31. The van der Waals surface area contributed by atoms with Gasteiger partial charge in [0.2, 0.25) is 0 Å². The molecule has 2 aliphatic heterocycles. The molecular weight excluding hydrogens is 491 g/mol. The van der Waals surface area contributed by atoms with Crippen molar-refractivity contribution in [3.63, 3.8) is 0 Å². The van der Waals surface area contributed by atoms with Crippen LogP contribution in [-0.4, -0.2) is 72.0 Å². The van der Waals surface area contributed by atoms with Crippen molar-refractivity contribution in [2.24, 2.45) is 12.0 Å². The minimum absolute atomic E-state index is 0. The Bertz CT molecular complexity index is 815. The smallest absolute Gasteiger partial charge is 0.193 e. The zero-order valence-corrected chi connectivity index (χ0v) is 20.3. The van der Waals surface area contributed by atoms with E-state index >= 15 is 0 Å². The summed E-state index contributed by atoms with van der Waals surface area (Å²) >= 11 is 0. The molecular formula is C22H33IN6O. The number of aromatic nitrogens is 2. The van der Waals surface area contributed by atoms with Crippen LogP contribution in [0.25, 0.3) is 0 Å². The van der Waals surface area contributed by atoms with Crippen molar-refractivity contribution in [3.8, 4) is 0 Å². The Balaban J connectivity index is 0.00000256. The minimum Gasteiger partial charge on any atom is -0.379 e. The zero-order chi connectivity index (χ0) is 20.1. The van der Waals surface area contributed by atoms with E-state index in [-0.39, 0.29) is 24.0 Å². The highest BCUT2D eigenvalue weighted by molar-refractivity contribution is 14.0. The summed E-state index contributed by atoms with van der Waals surface area (Å²) < 4.78 is 7.31. The third kappa shape index (κ3) is 5.95. The first-order chi connectivity index (χ1) is 14.2. The van der Waals surface area contributed by atoms with Gasteiger partial charge in [-0.2, -0.15) is 5.10 Å². The van der Waals surface area contributed by atoms with Crippen LogP contribution in [0.5, 0.6) is 0 Å². The Morgan fingerprint density at radius 3 is 2.57 bits per heavy atom. The molecule has 0 radical (unpaired) electrons. The van der Waals surface area contributed by atoms with Gasteiger partial charge in [0.25, 0.3) is 0 Å². The Labute approximate surface area is 196 Å². The fourth-order valence-electron chi connectivity index (χ4n) is 4.17. The highest BCUT2D eigenvalue weighted by Gasteiger charge is 2.26. The van der Waals surface area contributed by atoms with Crippen LogP contribution in [-0.2, 0) is 24.9 Å². The molecule has 0 spiro atoms. The molecule has 164 valence electrons. The summed E-state index contributed by atoms with van der Waals surface area (Å²) in [5.74, 6) is 1.51. The quantitative estimate of drug-likeness (QED) is 0.370. The van der Waals surface area contributed by atoms with Crippen molar-refractivity contribution in [1.29, 1.82) is 0 Å². The number of guanidine groups is 1. The van der Waals surface area contributed by atoms with Gasteiger partial charge in [-0.25, -0.2) is 0 Å². The number of benzene rings is 1. The molecule has 1 N–H and O–H groups in total. The third-order valence-corrected chi connectivity index (χ3v) is 5.88.